The number of hydrogen-bond donors (Lipinski definition) is 1. The van der Waals surface area contributed by atoms with Gasteiger partial charge in [-0.3, -0.25) is 9.80 Å². The smallest absolute Gasteiger partial charge is 0.226 e. The van der Waals surface area contributed by atoms with Crippen LogP contribution in [0.4, 0.5) is 0 Å². The van der Waals surface area contributed by atoms with Crippen LogP contribution >= 0.6 is 0 Å². The summed E-state index contributed by atoms with van der Waals surface area (Å²) in [6, 6.07) is 0. The summed E-state index contributed by atoms with van der Waals surface area (Å²) in [4.78, 5) is 8.84. The van der Waals surface area contributed by atoms with E-state index in [0.717, 1.165) is 45.8 Å². The molecule has 0 aromatic carbocycles. The van der Waals surface area contributed by atoms with Gasteiger partial charge in [0.2, 0.25) is 5.89 Å². The molecule has 0 bridgehead atoms. The molecule has 20 heavy (non-hydrogen) atoms. The second-order valence-electron chi connectivity index (χ2n) is 4.91. The average Bonchev–Trinajstić information content (AvgIpc) is 2.94. The van der Waals surface area contributed by atoms with Gasteiger partial charge in [-0.1, -0.05) is 12.1 Å². The van der Waals surface area contributed by atoms with Gasteiger partial charge in [-0.05, 0) is 0 Å². The molecule has 0 spiro atoms. The Bertz CT molecular complexity index is 379. The van der Waals surface area contributed by atoms with Gasteiger partial charge in [0, 0.05) is 39.1 Å². The highest BCUT2D eigenvalue weighted by atomic mass is 16.5. The summed E-state index contributed by atoms with van der Waals surface area (Å²) in [6.45, 7) is 8.82. The first-order valence-electron chi connectivity index (χ1n) is 7.26. The second-order valence-corrected chi connectivity index (χ2v) is 4.91. The van der Waals surface area contributed by atoms with Crippen LogP contribution in [-0.2, 0) is 17.7 Å². The lowest BCUT2D eigenvalue weighted by molar-refractivity contribution is 0.0318. The molecule has 0 unspecified atom stereocenters. The highest BCUT2D eigenvalue weighted by Gasteiger charge is 2.14. The summed E-state index contributed by atoms with van der Waals surface area (Å²) < 4.78 is 10.4. The summed E-state index contributed by atoms with van der Waals surface area (Å²) in [7, 11) is 0. The Morgan fingerprint density at radius 3 is 2.75 bits per heavy atom. The van der Waals surface area contributed by atoms with Crippen LogP contribution in [-0.4, -0.2) is 77.6 Å². The lowest BCUT2D eigenvalue weighted by atomic mass is 10.3. The lowest BCUT2D eigenvalue weighted by Crippen LogP contribution is -2.42. The van der Waals surface area contributed by atoms with Gasteiger partial charge in [-0.2, -0.15) is 4.98 Å². The fraction of sp³-hybridized carbons (Fsp3) is 0.846. The number of morpholine rings is 1. The van der Waals surface area contributed by atoms with Gasteiger partial charge < -0.3 is 14.4 Å². The third kappa shape index (κ3) is 4.82. The van der Waals surface area contributed by atoms with E-state index in [0.29, 0.717) is 24.8 Å². The van der Waals surface area contributed by atoms with Crippen LogP contribution in [0.25, 0.3) is 0 Å². The van der Waals surface area contributed by atoms with Crippen LogP contribution in [0.1, 0.15) is 18.6 Å². The van der Waals surface area contributed by atoms with Crippen LogP contribution in [0.5, 0.6) is 0 Å². The number of aromatic nitrogens is 2. The summed E-state index contributed by atoms with van der Waals surface area (Å²) in [5.74, 6) is 1.36. The molecule has 7 nitrogen and oxygen atoms in total. The van der Waals surface area contributed by atoms with Gasteiger partial charge >= 0.3 is 0 Å². The zero-order valence-corrected chi connectivity index (χ0v) is 12.1. The molecule has 2 heterocycles. The van der Waals surface area contributed by atoms with Crippen LogP contribution < -0.4 is 0 Å². The van der Waals surface area contributed by atoms with E-state index < -0.39 is 0 Å². The minimum Gasteiger partial charge on any atom is -0.395 e. The molecule has 1 saturated heterocycles. The molecule has 1 aliphatic heterocycles. The Morgan fingerprint density at radius 1 is 1.30 bits per heavy atom. The number of hydrogen-bond acceptors (Lipinski definition) is 7. The van der Waals surface area contributed by atoms with E-state index in [2.05, 4.69) is 19.9 Å². The molecule has 0 aliphatic carbocycles. The first kappa shape index (κ1) is 15.4. The SMILES string of the molecule is CCc1nc(CN(CCO)CCN2CCOCC2)no1. The second kappa shape index (κ2) is 8.31. The molecule has 0 atom stereocenters. The number of aliphatic hydroxyl groups is 1. The van der Waals surface area contributed by atoms with Crippen molar-refractivity contribution < 1.29 is 14.4 Å². The van der Waals surface area contributed by atoms with Gasteiger partial charge in [0.25, 0.3) is 0 Å². The minimum absolute atomic E-state index is 0.140. The molecule has 114 valence electrons. The quantitative estimate of drug-likeness (QED) is 0.706. The maximum absolute atomic E-state index is 9.16. The highest BCUT2D eigenvalue weighted by Crippen LogP contribution is 2.04. The monoisotopic (exact) mass is 284 g/mol. The van der Waals surface area contributed by atoms with Crippen molar-refractivity contribution in [1.29, 1.82) is 0 Å². The fourth-order valence-corrected chi connectivity index (χ4v) is 2.22. The lowest BCUT2D eigenvalue weighted by Gasteiger charge is -2.29. The van der Waals surface area contributed by atoms with Gasteiger partial charge in [-0.15, -0.1) is 0 Å². The Morgan fingerprint density at radius 2 is 2.10 bits per heavy atom. The largest absolute Gasteiger partial charge is 0.395 e. The van der Waals surface area contributed by atoms with Gasteiger partial charge in [0.05, 0.1) is 26.4 Å². The number of rotatable bonds is 8. The molecule has 1 N–H and O–H groups in total. The van der Waals surface area contributed by atoms with Crippen molar-refractivity contribution in [1.82, 2.24) is 19.9 Å². The van der Waals surface area contributed by atoms with Crippen molar-refractivity contribution >= 4 is 0 Å². The predicted octanol–water partition coefficient (Wildman–Crippen LogP) is -0.241. The van der Waals surface area contributed by atoms with E-state index in [1.807, 2.05) is 6.92 Å². The van der Waals surface area contributed by atoms with Crippen LogP contribution in [0, 0.1) is 0 Å². The zero-order chi connectivity index (χ0) is 14.2. The number of aliphatic hydroxyl groups excluding tert-OH is 1. The molecular weight excluding hydrogens is 260 g/mol. The molecule has 0 saturated carbocycles. The zero-order valence-electron chi connectivity index (χ0n) is 12.1. The van der Waals surface area contributed by atoms with E-state index in [1.165, 1.54) is 0 Å². The van der Waals surface area contributed by atoms with E-state index in [1.54, 1.807) is 0 Å². The van der Waals surface area contributed by atoms with Crippen molar-refractivity contribution in [2.75, 3.05) is 52.5 Å². The molecular formula is C13H24N4O3. The third-order valence-electron chi connectivity index (χ3n) is 3.43. The summed E-state index contributed by atoms with van der Waals surface area (Å²) >= 11 is 0. The van der Waals surface area contributed by atoms with Crippen molar-refractivity contribution in [3.63, 3.8) is 0 Å². The maximum Gasteiger partial charge on any atom is 0.226 e. The molecule has 1 fully saturated rings. The average molecular weight is 284 g/mol. The number of aryl methyl sites for hydroxylation is 1. The Kier molecular flexibility index (Phi) is 6.38. The first-order valence-corrected chi connectivity index (χ1v) is 7.26. The molecule has 0 amide bonds. The number of ether oxygens (including phenoxy) is 1. The van der Waals surface area contributed by atoms with Crippen LogP contribution in [0.15, 0.2) is 4.52 Å². The normalized spacial score (nSPS) is 16.9. The van der Waals surface area contributed by atoms with Gasteiger partial charge in [0.15, 0.2) is 5.82 Å². The summed E-state index contributed by atoms with van der Waals surface area (Å²) in [6.07, 6.45) is 0.751. The Hall–Kier alpha value is -1.02. The third-order valence-corrected chi connectivity index (χ3v) is 3.43. The maximum atomic E-state index is 9.16. The molecule has 1 aromatic heterocycles. The molecule has 1 aliphatic rings. The van der Waals surface area contributed by atoms with Gasteiger partial charge in [-0.25, -0.2) is 0 Å². The Labute approximate surface area is 119 Å². The van der Waals surface area contributed by atoms with Crippen LogP contribution in [0.2, 0.25) is 0 Å². The molecule has 7 heteroatoms. The predicted molar refractivity (Wildman–Crippen MR) is 73.3 cm³/mol. The fourth-order valence-electron chi connectivity index (χ4n) is 2.22. The van der Waals surface area contributed by atoms with Crippen molar-refractivity contribution in [3.05, 3.63) is 11.7 Å². The minimum atomic E-state index is 0.140. The first-order chi connectivity index (χ1) is 9.81. The van der Waals surface area contributed by atoms with Crippen LogP contribution in [0.3, 0.4) is 0 Å². The van der Waals surface area contributed by atoms with Crippen molar-refractivity contribution in [3.8, 4) is 0 Å². The highest BCUT2D eigenvalue weighted by molar-refractivity contribution is 4.86. The topological polar surface area (TPSA) is 74.9 Å². The molecule has 1 aromatic rings. The van der Waals surface area contributed by atoms with E-state index >= 15 is 0 Å². The van der Waals surface area contributed by atoms with Crippen molar-refractivity contribution in [2.45, 2.75) is 19.9 Å². The Balaban J connectivity index is 1.79. The van der Waals surface area contributed by atoms with E-state index in [9.17, 15) is 0 Å². The standard InChI is InChI=1S/C13H24N4O3/c1-2-13-14-12(15-20-13)11-17(5-8-18)4-3-16-6-9-19-10-7-16/h18H,2-11H2,1H3. The molecule has 0 radical (unpaired) electrons. The van der Waals surface area contributed by atoms with E-state index in [-0.39, 0.29) is 6.61 Å². The summed E-state index contributed by atoms with van der Waals surface area (Å²) in [5, 5.41) is 13.1. The van der Waals surface area contributed by atoms with E-state index in [4.69, 9.17) is 14.4 Å². The summed E-state index contributed by atoms with van der Waals surface area (Å²) in [5.41, 5.74) is 0. The molecule has 2 rings (SSSR count). The van der Waals surface area contributed by atoms with Crippen molar-refractivity contribution in [2.24, 2.45) is 0 Å². The number of nitrogens with zero attached hydrogens (tertiary/aromatic N) is 4. The van der Waals surface area contributed by atoms with Gasteiger partial charge in [0.1, 0.15) is 0 Å².